The Hall–Kier alpha value is -0.0800. The van der Waals surface area contributed by atoms with Crippen LogP contribution in [-0.4, -0.2) is 25.7 Å². The first-order valence-corrected chi connectivity index (χ1v) is 6.28. The number of rotatable bonds is 2. The maximum Gasteiger partial charge on any atom is 0.00699 e. The molecule has 2 nitrogen and oxygen atoms in total. The smallest absolute Gasteiger partial charge is 0.00699 e. The van der Waals surface area contributed by atoms with Crippen LogP contribution in [0.1, 0.15) is 39.0 Å². The van der Waals surface area contributed by atoms with E-state index < -0.39 is 0 Å². The van der Waals surface area contributed by atoms with E-state index in [0.29, 0.717) is 0 Å². The molecule has 0 saturated carbocycles. The van der Waals surface area contributed by atoms with Crippen molar-refractivity contribution >= 4 is 0 Å². The van der Waals surface area contributed by atoms with Gasteiger partial charge in [0.15, 0.2) is 0 Å². The number of hydrogen-bond donors (Lipinski definition) is 2. The molecule has 2 rings (SSSR count). The van der Waals surface area contributed by atoms with Gasteiger partial charge in [-0.15, -0.1) is 0 Å². The quantitative estimate of drug-likeness (QED) is 0.703. The van der Waals surface area contributed by atoms with E-state index in [0.717, 1.165) is 17.9 Å². The summed E-state index contributed by atoms with van der Waals surface area (Å²) >= 11 is 0. The van der Waals surface area contributed by atoms with Crippen molar-refractivity contribution in [3.05, 3.63) is 0 Å². The Morgan fingerprint density at radius 1 is 1.07 bits per heavy atom. The molecule has 0 aromatic rings. The van der Waals surface area contributed by atoms with E-state index in [1.807, 2.05) is 0 Å². The predicted octanol–water partition coefficient (Wildman–Crippen LogP) is 1.76. The minimum Gasteiger partial charge on any atom is -0.317 e. The third-order valence-corrected chi connectivity index (χ3v) is 3.84. The highest BCUT2D eigenvalue weighted by Crippen LogP contribution is 2.23. The number of hydrogen-bond acceptors (Lipinski definition) is 2. The van der Waals surface area contributed by atoms with Crippen LogP contribution in [0.25, 0.3) is 0 Å². The fourth-order valence-electron chi connectivity index (χ4n) is 2.78. The average Bonchev–Trinajstić information content (AvgIpc) is 2.23. The van der Waals surface area contributed by atoms with Gasteiger partial charge in [0.05, 0.1) is 0 Å². The zero-order chi connectivity index (χ0) is 9.80. The van der Waals surface area contributed by atoms with Gasteiger partial charge in [-0.3, -0.25) is 0 Å². The summed E-state index contributed by atoms with van der Waals surface area (Å²) in [7, 11) is 0. The van der Waals surface area contributed by atoms with E-state index in [2.05, 4.69) is 17.6 Å². The molecule has 0 radical (unpaired) electrons. The van der Waals surface area contributed by atoms with E-state index >= 15 is 0 Å². The van der Waals surface area contributed by atoms with Crippen LogP contribution in [0.2, 0.25) is 0 Å². The van der Waals surface area contributed by atoms with Gasteiger partial charge in [-0.05, 0) is 63.6 Å². The average molecular weight is 196 g/mol. The fraction of sp³-hybridized carbons (Fsp3) is 1.00. The van der Waals surface area contributed by atoms with Gasteiger partial charge in [-0.2, -0.15) is 0 Å². The summed E-state index contributed by atoms with van der Waals surface area (Å²) < 4.78 is 0. The standard InChI is InChI=1S/C12H24N2/c1-10-2-3-12(14-9-10)8-11-4-6-13-7-5-11/h10-14H,2-9H2,1H3. The SMILES string of the molecule is CC1CCC(CC2CCNCC2)NC1. The Bertz CT molecular complexity index is 156. The Morgan fingerprint density at radius 2 is 1.86 bits per heavy atom. The van der Waals surface area contributed by atoms with Gasteiger partial charge in [-0.25, -0.2) is 0 Å². The van der Waals surface area contributed by atoms with Crippen molar-refractivity contribution in [2.45, 2.75) is 45.1 Å². The predicted molar refractivity (Wildman–Crippen MR) is 60.4 cm³/mol. The van der Waals surface area contributed by atoms with Gasteiger partial charge in [-0.1, -0.05) is 6.92 Å². The summed E-state index contributed by atoms with van der Waals surface area (Å²) in [6, 6.07) is 0.828. The molecule has 0 bridgehead atoms. The number of nitrogens with one attached hydrogen (secondary N) is 2. The minimum atomic E-state index is 0.828. The Labute approximate surface area is 87.8 Å². The fourth-order valence-corrected chi connectivity index (χ4v) is 2.78. The second-order valence-corrected chi connectivity index (χ2v) is 5.22. The van der Waals surface area contributed by atoms with Crippen molar-refractivity contribution in [3.63, 3.8) is 0 Å². The molecule has 0 amide bonds. The van der Waals surface area contributed by atoms with Crippen molar-refractivity contribution in [1.29, 1.82) is 0 Å². The first-order chi connectivity index (χ1) is 6.84. The lowest BCUT2D eigenvalue weighted by molar-refractivity contribution is 0.255. The molecule has 0 spiro atoms. The summed E-state index contributed by atoms with van der Waals surface area (Å²) in [5.74, 6) is 1.89. The molecule has 2 aliphatic heterocycles. The molecule has 2 N–H and O–H groups in total. The van der Waals surface area contributed by atoms with Crippen molar-refractivity contribution in [1.82, 2.24) is 10.6 Å². The molecule has 2 saturated heterocycles. The third kappa shape index (κ3) is 2.96. The molecular formula is C12H24N2. The molecule has 2 heteroatoms. The van der Waals surface area contributed by atoms with E-state index in [4.69, 9.17) is 0 Å². The van der Waals surface area contributed by atoms with Crippen LogP contribution in [0.5, 0.6) is 0 Å². The van der Waals surface area contributed by atoms with Crippen molar-refractivity contribution in [2.75, 3.05) is 19.6 Å². The molecule has 2 heterocycles. The molecule has 2 fully saturated rings. The molecular weight excluding hydrogens is 172 g/mol. The van der Waals surface area contributed by atoms with Crippen LogP contribution in [0, 0.1) is 11.8 Å². The second kappa shape index (κ2) is 5.13. The summed E-state index contributed by atoms with van der Waals surface area (Å²) in [5.41, 5.74) is 0. The van der Waals surface area contributed by atoms with Crippen molar-refractivity contribution in [3.8, 4) is 0 Å². The van der Waals surface area contributed by atoms with Crippen LogP contribution < -0.4 is 10.6 Å². The zero-order valence-electron chi connectivity index (χ0n) is 9.39. The van der Waals surface area contributed by atoms with Crippen LogP contribution in [0.4, 0.5) is 0 Å². The second-order valence-electron chi connectivity index (χ2n) is 5.22. The van der Waals surface area contributed by atoms with E-state index in [1.54, 1.807) is 0 Å². The van der Waals surface area contributed by atoms with Gasteiger partial charge >= 0.3 is 0 Å². The van der Waals surface area contributed by atoms with Gasteiger partial charge in [0.1, 0.15) is 0 Å². The minimum absolute atomic E-state index is 0.828. The Balaban J connectivity index is 1.68. The first-order valence-electron chi connectivity index (χ1n) is 6.28. The maximum absolute atomic E-state index is 3.70. The maximum atomic E-state index is 3.70. The van der Waals surface area contributed by atoms with Gasteiger partial charge in [0.25, 0.3) is 0 Å². The van der Waals surface area contributed by atoms with Gasteiger partial charge < -0.3 is 10.6 Å². The van der Waals surface area contributed by atoms with Gasteiger partial charge in [0.2, 0.25) is 0 Å². The highest BCUT2D eigenvalue weighted by molar-refractivity contribution is 4.80. The van der Waals surface area contributed by atoms with E-state index in [9.17, 15) is 0 Å². The van der Waals surface area contributed by atoms with E-state index in [-0.39, 0.29) is 0 Å². The van der Waals surface area contributed by atoms with Crippen LogP contribution in [0.15, 0.2) is 0 Å². The lowest BCUT2D eigenvalue weighted by atomic mass is 9.86. The highest BCUT2D eigenvalue weighted by atomic mass is 14.9. The molecule has 0 aromatic heterocycles. The zero-order valence-corrected chi connectivity index (χ0v) is 9.39. The topological polar surface area (TPSA) is 24.1 Å². The molecule has 14 heavy (non-hydrogen) atoms. The Kier molecular flexibility index (Phi) is 3.82. The van der Waals surface area contributed by atoms with E-state index in [1.165, 1.54) is 51.7 Å². The first kappa shape index (κ1) is 10.4. The molecule has 0 aromatic carbocycles. The molecule has 2 aliphatic rings. The summed E-state index contributed by atoms with van der Waals surface area (Å²) in [6.45, 7) is 6.09. The lowest BCUT2D eigenvalue weighted by Gasteiger charge is -2.32. The molecule has 82 valence electrons. The van der Waals surface area contributed by atoms with Crippen LogP contribution in [0.3, 0.4) is 0 Å². The summed E-state index contributed by atoms with van der Waals surface area (Å²) in [6.07, 6.45) is 7.06. The van der Waals surface area contributed by atoms with Crippen LogP contribution in [-0.2, 0) is 0 Å². The summed E-state index contributed by atoms with van der Waals surface area (Å²) in [5, 5.41) is 7.13. The number of piperidine rings is 2. The largest absolute Gasteiger partial charge is 0.317 e. The lowest BCUT2D eigenvalue weighted by Crippen LogP contribution is -2.40. The van der Waals surface area contributed by atoms with Crippen molar-refractivity contribution < 1.29 is 0 Å². The molecule has 2 atom stereocenters. The van der Waals surface area contributed by atoms with Crippen molar-refractivity contribution in [2.24, 2.45) is 11.8 Å². The molecule has 2 unspecified atom stereocenters. The van der Waals surface area contributed by atoms with Gasteiger partial charge in [0, 0.05) is 6.04 Å². The third-order valence-electron chi connectivity index (χ3n) is 3.84. The highest BCUT2D eigenvalue weighted by Gasteiger charge is 2.22. The normalized spacial score (nSPS) is 35.8. The summed E-state index contributed by atoms with van der Waals surface area (Å²) in [4.78, 5) is 0. The molecule has 0 aliphatic carbocycles. The Morgan fingerprint density at radius 3 is 2.50 bits per heavy atom. The monoisotopic (exact) mass is 196 g/mol. The van der Waals surface area contributed by atoms with Crippen LogP contribution >= 0.6 is 0 Å².